The monoisotopic (exact) mass is 281 g/mol. The van der Waals surface area contributed by atoms with E-state index in [1.807, 2.05) is 30.3 Å². The molecule has 0 bridgehead atoms. The molecule has 2 rings (SSSR count). The Labute approximate surface area is 124 Å². The lowest BCUT2D eigenvalue weighted by molar-refractivity contribution is 0.0954. The number of amides is 1. The highest BCUT2D eigenvalue weighted by Gasteiger charge is 2.08. The largest absolute Gasteiger partial charge is 0.272 e. The van der Waals surface area contributed by atoms with E-state index in [-0.39, 0.29) is 5.91 Å². The lowest BCUT2D eigenvalue weighted by Gasteiger charge is -2.09. The number of carbonyl (C=O) groups is 1. The summed E-state index contributed by atoms with van der Waals surface area (Å²) >= 11 is 0. The number of aromatic nitrogens is 1. The van der Waals surface area contributed by atoms with Crippen LogP contribution in [0.4, 0.5) is 0 Å². The van der Waals surface area contributed by atoms with Gasteiger partial charge in [0, 0.05) is 12.4 Å². The topological polar surface area (TPSA) is 54.4 Å². The molecule has 108 valence electrons. The molecular weight excluding hydrogens is 262 g/mol. The lowest BCUT2D eigenvalue weighted by atomic mass is 10.0. The lowest BCUT2D eigenvalue weighted by Crippen LogP contribution is -2.21. The molecule has 0 atom stereocenters. The quantitative estimate of drug-likeness (QED) is 0.675. The summed E-state index contributed by atoms with van der Waals surface area (Å²) < 4.78 is 0. The number of nitrogens with one attached hydrogen (secondary N) is 1. The SMILES string of the molecule is CC(C)CC(=NNC(=O)c1cccnc1)c1ccccc1. The zero-order chi connectivity index (χ0) is 15.1. The predicted octanol–water partition coefficient (Wildman–Crippen LogP) is 3.26. The van der Waals surface area contributed by atoms with E-state index in [4.69, 9.17) is 0 Å². The summed E-state index contributed by atoms with van der Waals surface area (Å²) in [4.78, 5) is 15.9. The van der Waals surface area contributed by atoms with E-state index >= 15 is 0 Å². The molecule has 0 saturated carbocycles. The van der Waals surface area contributed by atoms with Gasteiger partial charge >= 0.3 is 0 Å². The van der Waals surface area contributed by atoms with Gasteiger partial charge in [0.1, 0.15) is 0 Å². The first-order valence-electron chi connectivity index (χ1n) is 6.99. The van der Waals surface area contributed by atoms with E-state index in [9.17, 15) is 4.79 Å². The summed E-state index contributed by atoms with van der Waals surface area (Å²) in [5, 5.41) is 4.30. The number of rotatable bonds is 5. The Morgan fingerprint density at radius 1 is 1.14 bits per heavy atom. The van der Waals surface area contributed by atoms with Crippen LogP contribution in [0.15, 0.2) is 60.0 Å². The second-order valence-electron chi connectivity index (χ2n) is 5.21. The zero-order valence-corrected chi connectivity index (χ0v) is 12.3. The van der Waals surface area contributed by atoms with Gasteiger partial charge in [-0.05, 0) is 30.0 Å². The van der Waals surface area contributed by atoms with Crippen LogP contribution < -0.4 is 5.43 Å². The van der Waals surface area contributed by atoms with Gasteiger partial charge in [-0.25, -0.2) is 5.43 Å². The molecule has 0 aliphatic heterocycles. The van der Waals surface area contributed by atoms with Gasteiger partial charge in [-0.2, -0.15) is 5.10 Å². The van der Waals surface area contributed by atoms with E-state index in [1.165, 1.54) is 6.20 Å². The van der Waals surface area contributed by atoms with Crippen molar-refractivity contribution in [3.8, 4) is 0 Å². The van der Waals surface area contributed by atoms with Gasteiger partial charge < -0.3 is 0 Å². The molecule has 1 amide bonds. The minimum absolute atomic E-state index is 0.250. The zero-order valence-electron chi connectivity index (χ0n) is 12.3. The van der Waals surface area contributed by atoms with Crippen LogP contribution in [-0.2, 0) is 0 Å². The van der Waals surface area contributed by atoms with Crippen molar-refractivity contribution in [2.24, 2.45) is 11.0 Å². The van der Waals surface area contributed by atoms with E-state index in [0.717, 1.165) is 17.7 Å². The minimum Gasteiger partial charge on any atom is -0.267 e. The fraction of sp³-hybridized carbons (Fsp3) is 0.235. The molecule has 0 radical (unpaired) electrons. The third kappa shape index (κ3) is 4.53. The molecule has 4 heteroatoms. The maximum absolute atomic E-state index is 12.0. The summed E-state index contributed by atoms with van der Waals surface area (Å²) in [5.74, 6) is 0.208. The molecule has 21 heavy (non-hydrogen) atoms. The molecule has 1 N–H and O–H groups in total. The predicted molar refractivity (Wildman–Crippen MR) is 84.1 cm³/mol. The molecule has 0 aliphatic carbocycles. The highest BCUT2D eigenvalue weighted by atomic mass is 16.2. The fourth-order valence-electron chi connectivity index (χ4n) is 1.93. The van der Waals surface area contributed by atoms with Crippen molar-refractivity contribution in [2.45, 2.75) is 20.3 Å². The molecular formula is C17H19N3O. The normalized spacial score (nSPS) is 11.5. The van der Waals surface area contributed by atoms with Gasteiger partial charge in [0.05, 0.1) is 11.3 Å². The molecule has 0 saturated heterocycles. The number of hydrogen-bond donors (Lipinski definition) is 1. The minimum atomic E-state index is -0.250. The van der Waals surface area contributed by atoms with Crippen LogP contribution >= 0.6 is 0 Å². The van der Waals surface area contributed by atoms with E-state index in [0.29, 0.717) is 11.5 Å². The van der Waals surface area contributed by atoms with Crippen LogP contribution in [-0.4, -0.2) is 16.6 Å². The molecule has 1 heterocycles. The van der Waals surface area contributed by atoms with Gasteiger partial charge in [0.2, 0.25) is 0 Å². The number of benzene rings is 1. The van der Waals surface area contributed by atoms with Gasteiger partial charge in [0.15, 0.2) is 0 Å². The van der Waals surface area contributed by atoms with E-state index in [2.05, 4.69) is 29.4 Å². The maximum Gasteiger partial charge on any atom is 0.272 e. The average Bonchev–Trinajstić information content (AvgIpc) is 2.52. The van der Waals surface area contributed by atoms with Crippen molar-refractivity contribution >= 4 is 11.6 Å². The first kappa shape index (κ1) is 14.9. The second-order valence-corrected chi connectivity index (χ2v) is 5.21. The van der Waals surface area contributed by atoms with Crippen LogP contribution in [0.25, 0.3) is 0 Å². The molecule has 0 spiro atoms. The van der Waals surface area contributed by atoms with Crippen LogP contribution in [0, 0.1) is 5.92 Å². The van der Waals surface area contributed by atoms with E-state index in [1.54, 1.807) is 18.3 Å². The Hall–Kier alpha value is -2.49. The molecule has 0 fully saturated rings. The van der Waals surface area contributed by atoms with Crippen molar-refractivity contribution < 1.29 is 4.79 Å². The molecule has 4 nitrogen and oxygen atoms in total. The van der Waals surface area contributed by atoms with Crippen LogP contribution in [0.3, 0.4) is 0 Å². The standard InChI is InChI=1S/C17H19N3O/c1-13(2)11-16(14-7-4-3-5-8-14)19-20-17(21)15-9-6-10-18-12-15/h3-10,12-13H,11H2,1-2H3,(H,20,21). The Morgan fingerprint density at radius 3 is 2.48 bits per heavy atom. The average molecular weight is 281 g/mol. The second kappa shape index (κ2) is 7.33. The Kier molecular flexibility index (Phi) is 5.21. The third-order valence-electron chi connectivity index (χ3n) is 2.92. The van der Waals surface area contributed by atoms with Gasteiger partial charge in [-0.1, -0.05) is 44.2 Å². The molecule has 0 unspecified atom stereocenters. The van der Waals surface area contributed by atoms with Gasteiger partial charge in [-0.15, -0.1) is 0 Å². The Bertz CT molecular complexity index is 606. The van der Waals surface area contributed by atoms with Crippen LogP contribution in [0.5, 0.6) is 0 Å². The number of pyridine rings is 1. The van der Waals surface area contributed by atoms with Crippen molar-refractivity contribution in [3.63, 3.8) is 0 Å². The van der Waals surface area contributed by atoms with Crippen LogP contribution in [0.1, 0.15) is 36.2 Å². The van der Waals surface area contributed by atoms with Gasteiger partial charge in [0.25, 0.3) is 5.91 Å². The highest BCUT2D eigenvalue weighted by Crippen LogP contribution is 2.10. The Balaban J connectivity index is 2.16. The smallest absolute Gasteiger partial charge is 0.267 e. The summed E-state index contributed by atoms with van der Waals surface area (Å²) in [6.45, 7) is 4.25. The Morgan fingerprint density at radius 2 is 1.86 bits per heavy atom. The summed E-state index contributed by atoms with van der Waals surface area (Å²) in [7, 11) is 0. The van der Waals surface area contributed by atoms with Gasteiger partial charge in [-0.3, -0.25) is 9.78 Å². The first-order valence-corrected chi connectivity index (χ1v) is 6.99. The van der Waals surface area contributed by atoms with E-state index < -0.39 is 0 Å². The third-order valence-corrected chi connectivity index (χ3v) is 2.92. The number of carbonyl (C=O) groups excluding carboxylic acids is 1. The number of nitrogens with zero attached hydrogens (tertiary/aromatic N) is 2. The van der Waals surface area contributed by atoms with Crippen molar-refractivity contribution in [2.75, 3.05) is 0 Å². The molecule has 1 aromatic carbocycles. The number of hydrogen-bond acceptors (Lipinski definition) is 3. The van der Waals surface area contributed by atoms with Crippen molar-refractivity contribution in [1.29, 1.82) is 0 Å². The molecule has 2 aromatic rings. The van der Waals surface area contributed by atoms with Crippen molar-refractivity contribution in [3.05, 3.63) is 66.0 Å². The van der Waals surface area contributed by atoms with Crippen molar-refractivity contribution in [1.82, 2.24) is 10.4 Å². The number of hydrazone groups is 1. The summed E-state index contributed by atoms with van der Waals surface area (Å²) in [6.07, 6.45) is 3.96. The maximum atomic E-state index is 12.0. The van der Waals surface area contributed by atoms with Crippen LogP contribution in [0.2, 0.25) is 0 Å². The summed E-state index contributed by atoms with van der Waals surface area (Å²) in [5.41, 5.74) is 5.01. The molecule has 0 aliphatic rings. The first-order chi connectivity index (χ1) is 10.2. The molecule has 1 aromatic heterocycles. The highest BCUT2D eigenvalue weighted by molar-refractivity contribution is 6.02. The fourth-order valence-corrected chi connectivity index (χ4v) is 1.93. The summed E-state index contributed by atoms with van der Waals surface area (Å²) in [6, 6.07) is 13.3.